The van der Waals surface area contributed by atoms with Gasteiger partial charge in [-0.1, -0.05) is 23.7 Å². The van der Waals surface area contributed by atoms with Gasteiger partial charge in [0.05, 0.1) is 24.2 Å². The zero-order valence-electron chi connectivity index (χ0n) is 16.9. The van der Waals surface area contributed by atoms with Gasteiger partial charge in [-0.05, 0) is 29.8 Å². The van der Waals surface area contributed by atoms with Gasteiger partial charge in [0.15, 0.2) is 5.65 Å². The first-order chi connectivity index (χ1) is 15.8. The van der Waals surface area contributed by atoms with Crippen LogP contribution in [0.4, 0.5) is 10.1 Å². The van der Waals surface area contributed by atoms with Crippen LogP contribution in [0.1, 0.15) is 15.9 Å². The maximum Gasteiger partial charge on any atom is 0.282 e. The number of fused-ring (bicyclic) bond motifs is 1. The maximum atomic E-state index is 13.4. The quantitative estimate of drug-likeness (QED) is 0.327. The van der Waals surface area contributed by atoms with E-state index < -0.39 is 16.6 Å². The van der Waals surface area contributed by atoms with Crippen LogP contribution >= 0.6 is 11.6 Å². The van der Waals surface area contributed by atoms with Crippen molar-refractivity contribution in [2.75, 3.05) is 6.54 Å². The molecule has 10 nitrogen and oxygen atoms in total. The lowest BCUT2D eigenvalue weighted by Gasteiger charge is -2.08. The van der Waals surface area contributed by atoms with E-state index in [9.17, 15) is 24.1 Å². The van der Waals surface area contributed by atoms with Crippen molar-refractivity contribution in [2.45, 2.75) is 13.1 Å². The molecule has 0 aliphatic heterocycles. The monoisotopic (exact) mass is 470 g/mol. The summed E-state index contributed by atoms with van der Waals surface area (Å²) in [6.45, 7) is 0.399. The number of nitrogens with zero attached hydrogens (tertiary/aromatic N) is 5. The molecule has 33 heavy (non-hydrogen) atoms. The van der Waals surface area contributed by atoms with E-state index in [2.05, 4.69) is 15.4 Å². The number of nitrogens with one attached hydrogen (secondary N) is 1. The number of hydrogen-bond donors (Lipinski definition) is 1. The van der Waals surface area contributed by atoms with E-state index in [4.69, 9.17) is 11.6 Å². The summed E-state index contributed by atoms with van der Waals surface area (Å²) >= 11 is 5.86. The Morgan fingerprint density at radius 1 is 1.24 bits per heavy atom. The molecular formula is C21H16ClFN6O4. The maximum absolute atomic E-state index is 13.4. The van der Waals surface area contributed by atoms with E-state index in [-0.39, 0.29) is 46.9 Å². The number of benzene rings is 2. The van der Waals surface area contributed by atoms with Crippen molar-refractivity contribution in [2.24, 2.45) is 0 Å². The molecule has 0 radical (unpaired) electrons. The van der Waals surface area contributed by atoms with Crippen LogP contribution in [0.2, 0.25) is 5.02 Å². The Labute approximate surface area is 190 Å². The highest BCUT2D eigenvalue weighted by Gasteiger charge is 2.20. The summed E-state index contributed by atoms with van der Waals surface area (Å²) in [7, 11) is 0. The average Bonchev–Trinajstić information content (AvgIpc) is 3.19. The lowest BCUT2D eigenvalue weighted by molar-refractivity contribution is -0.385. The van der Waals surface area contributed by atoms with Crippen LogP contribution in [0.3, 0.4) is 0 Å². The van der Waals surface area contributed by atoms with Gasteiger partial charge in [-0.3, -0.25) is 24.3 Å². The minimum atomic E-state index is -0.662. The van der Waals surface area contributed by atoms with Crippen molar-refractivity contribution >= 4 is 34.2 Å². The molecule has 2 aromatic carbocycles. The van der Waals surface area contributed by atoms with Crippen molar-refractivity contribution in [1.82, 2.24) is 24.6 Å². The second-order valence-corrected chi connectivity index (χ2v) is 7.52. The summed E-state index contributed by atoms with van der Waals surface area (Å²) in [5.74, 6) is -1.06. The first kappa shape index (κ1) is 22.1. The molecule has 0 unspecified atom stereocenters. The summed E-state index contributed by atoms with van der Waals surface area (Å²) in [4.78, 5) is 39.9. The molecule has 0 spiro atoms. The van der Waals surface area contributed by atoms with E-state index >= 15 is 0 Å². The highest BCUT2D eigenvalue weighted by Crippen LogP contribution is 2.22. The fraction of sp³-hybridized carbons (Fsp3) is 0.143. The minimum absolute atomic E-state index is 0.0767. The Kier molecular flexibility index (Phi) is 6.13. The highest BCUT2D eigenvalue weighted by atomic mass is 35.5. The Morgan fingerprint density at radius 3 is 2.82 bits per heavy atom. The van der Waals surface area contributed by atoms with Gasteiger partial charge >= 0.3 is 0 Å². The lowest BCUT2D eigenvalue weighted by Crippen LogP contribution is -2.28. The minimum Gasteiger partial charge on any atom is -0.350 e. The molecule has 0 bridgehead atoms. The fourth-order valence-corrected chi connectivity index (χ4v) is 3.50. The Bertz CT molecular complexity index is 1430. The fourth-order valence-electron chi connectivity index (χ4n) is 3.33. The molecule has 4 aromatic rings. The molecule has 168 valence electrons. The molecule has 0 atom stereocenters. The van der Waals surface area contributed by atoms with Gasteiger partial charge in [-0.2, -0.15) is 5.10 Å². The molecule has 0 saturated carbocycles. The molecule has 12 heteroatoms. The molecule has 1 N–H and O–H groups in total. The van der Waals surface area contributed by atoms with Gasteiger partial charge < -0.3 is 5.32 Å². The topological polar surface area (TPSA) is 125 Å². The van der Waals surface area contributed by atoms with Crippen molar-refractivity contribution < 1.29 is 14.1 Å². The van der Waals surface area contributed by atoms with Crippen molar-refractivity contribution in [1.29, 1.82) is 0 Å². The molecule has 2 aromatic heterocycles. The van der Waals surface area contributed by atoms with Crippen LogP contribution in [-0.4, -0.2) is 36.7 Å². The summed E-state index contributed by atoms with van der Waals surface area (Å²) in [5.41, 5.74) is 0.0779. The second-order valence-electron chi connectivity index (χ2n) is 7.09. The molecule has 4 rings (SSSR count). The van der Waals surface area contributed by atoms with Gasteiger partial charge in [0.25, 0.3) is 17.2 Å². The van der Waals surface area contributed by atoms with Crippen LogP contribution in [0.5, 0.6) is 0 Å². The molecular weight excluding hydrogens is 455 g/mol. The highest BCUT2D eigenvalue weighted by molar-refractivity contribution is 6.31. The molecule has 0 saturated heterocycles. The predicted octanol–water partition coefficient (Wildman–Crippen LogP) is 2.77. The van der Waals surface area contributed by atoms with E-state index in [0.29, 0.717) is 11.2 Å². The normalized spacial score (nSPS) is 11.0. The molecule has 0 aliphatic carbocycles. The van der Waals surface area contributed by atoms with Crippen LogP contribution in [-0.2, 0) is 13.1 Å². The van der Waals surface area contributed by atoms with Crippen molar-refractivity contribution in [3.8, 4) is 0 Å². The Morgan fingerprint density at radius 2 is 2.06 bits per heavy atom. The van der Waals surface area contributed by atoms with Crippen molar-refractivity contribution in [3.05, 3.63) is 97.4 Å². The standard InChI is InChI=1S/C21H16ClFN6O4/c22-14-4-5-18(29(32)33)16(9-14)20(30)24-6-7-28-19-17(10-26-28)21(31)27(12-25-19)11-13-2-1-3-15(23)8-13/h1-5,8-10,12H,6-7,11H2,(H,24,30). The van der Waals surface area contributed by atoms with Gasteiger partial charge in [0, 0.05) is 17.6 Å². The summed E-state index contributed by atoms with van der Waals surface area (Å²) in [6, 6.07) is 9.65. The Balaban J connectivity index is 1.47. The van der Waals surface area contributed by atoms with Crippen LogP contribution in [0.15, 0.2) is 59.8 Å². The van der Waals surface area contributed by atoms with Crippen LogP contribution < -0.4 is 10.9 Å². The number of aromatic nitrogens is 4. The number of nitro benzene ring substituents is 1. The van der Waals surface area contributed by atoms with Crippen LogP contribution in [0, 0.1) is 15.9 Å². The first-order valence-electron chi connectivity index (χ1n) is 9.71. The van der Waals surface area contributed by atoms with Crippen molar-refractivity contribution in [3.63, 3.8) is 0 Å². The van der Waals surface area contributed by atoms with Gasteiger partial charge in [0.2, 0.25) is 0 Å². The molecule has 2 heterocycles. The third-order valence-corrected chi connectivity index (χ3v) is 5.11. The Hall–Kier alpha value is -4.12. The third-order valence-electron chi connectivity index (χ3n) is 4.87. The van der Waals surface area contributed by atoms with E-state index in [1.165, 1.54) is 46.0 Å². The van der Waals surface area contributed by atoms with E-state index in [0.717, 1.165) is 6.07 Å². The number of amides is 1. The zero-order chi connectivity index (χ0) is 23.5. The number of carbonyl (C=O) groups excluding carboxylic acids is 1. The van der Waals surface area contributed by atoms with Crippen LogP contribution in [0.25, 0.3) is 11.0 Å². The van der Waals surface area contributed by atoms with Gasteiger partial charge in [0.1, 0.15) is 23.1 Å². The molecule has 1 amide bonds. The zero-order valence-corrected chi connectivity index (χ0v) is 17.7. The number of nitro groups is 1. The number of hydrogen-bond acceptors (Lipinski definition) is 6. The average molecular weight is 471 g/mol. The van der Waals surface area contributed by atoms with Gasteiger partial charge in [-0.25, -0.2) is 14.1 Å². The third kappa shape index (κ3) is 4.72. The number of rotatable bonds is 7. The number of halogens is 2. The van der Waals surface area contributed by atoms with E-state index in [1.54, 1.807) is 12.1 Å². The van der Waals surface area contributed by atoms with Gasteiger partial charge in [-0.15, -0.1) is 0 Å². The second kappa shape index (κ2) is 9.17. The lowest BCUT2D eigenvalue weighted by atomic mass is 10.1. The largest absolute Gasteiger partial charge is 0.350 e. The summed E-state index contributed by atoms with van der Waals surface area (Å²) in [5, 5.41) is 18.3. The molecule has 0 aliphatic rings. The molecule has 0 fully saturated rings. The first-order valence-corrected chi connectivity index (χ1v) is 10.1. The summed E-state index contributed by atoms with van der Waals surface area (Å²) in [6.07, 6.45) is 2.72. The predicted molar refractivity (Wildman–Crippen MR) is 118 cm³/mol. The van der Waals surface area contributed by atoms with E-state index in [1.807, 2.05) is 0 Å². The smallest absolute Gasteiger partial charge is 0.282 e. The summed E-state index contributed by atoms with van der Waals surface area (Å²) < 4.78 is 16.2. The SMILES string of the molecule is O=C(NCCn1ncc2c(=O)n(Cc3cccc(F)c3)cnc21)c1cc(Cl)ccc1[N+](=O)[O-]. The number of carbonyl (C=O) groups is 1.